The number of nitrogens with one attached hydrogen (secondary N) is 1. The standard InChI is InChI=1S/C20H21Cl2N3O2/c1-12-8-9-15(14(22)10-12)23-17(26)11-24-16-7-5-6-13(21)18(16)19(27)25(24)20(2,3)4/h5-10H,11H2,1-4H3,(H,23,26). The molecule has 1 aromatic heterocycles. The number of carbonyl (C=O) groups is 1. The maximum Gasteiger partial charge on any atom is 0.276 e. The van der Waals surface area contributed by atoms with Gasteiger partial charge in [-0.05, 0) is 57.5 Å². The van der Waals surface area contributed by atoms with E-state index in [2.05, 4.69) is 5.32 Å². The lowest BCUT2D eigenvalue weighted by atomic mass is 10.1. The monoisotopic (exact) mass is 405 g/mol. The van der Waals surface area contributed by atoms with Crippen molar-refractivity contribution in [2.24, 2.45) is 0 Å². The van der Waals surface area contributed by atoms with Crippen LogP contribution in [0.1, 0.15) is 26.3 Å². The summed E-state index contributed by atoms with van der Waals surface area (Å²) < 4.78 is 3.24. The number of aromatic nitrogens is 2. The summed E-state index contributed by atoms with van der Waals surface area (Å²) in [4.78, 5) is 25.7. The van der Waals surface area contributed by atoms with E-state index >= 15 is 0 Å². The Morgan fingerprint density at radius 1 is 1.11 bits per heavy atom. The Morgan fingerprint density at radius 3 is 2.44 bits per heavy atom. The van der Waals surface area contributed by atoms with Crippen LogP contribution < -0.4 is 10.9 Å². The van der Waals surface area contributed by atoms with Crippen LogP contribution in [-0.4, -0.2) is 15.3 Å². The zero-order valence-corrected chi connectivity index (χ0v) is 17.1. The molecular formula is C20H21Cl2N3O2. The number of rotatable bonds is 3. The fourth-order valence-corrected chi connectivity index (χ4v) is 3.67. The van der Waals surface area contributed by atoms with Crippen molar-refractivity contribution in [3.63, 3.8) is 0 Å². The molecule has 0 spiro atoms. The third-order valence-corrected chi connectivity index (χ3v) is 4.87. The molecule has 0 saturated carbocycles. The molecule has 0 fully saturated rings. The number of aryl methyl sites for hydroxylation is 1. The molecule has 3 rings (SSSR count). The van der Waals surface area contributed by atoms with Gasteiger partial charge in [0.25, 0.3) is 5.56 Å². The van der Waals surface area contributed by atoms with Gasteiger partial charge in [-0.15, -0.1) is 0 Å². The Kier molecular flexibility index (Phi) is 5.10. The summed E-state index contributed by atoms with van der Waals surface area (Å²) in [6, 6.07) is 10.6. The van der Waals surface area contributed by atoms with Gasteiger partial charge in [0, 0.05) is 0 Å². The maximum absolute atomic E-state index is 13.0. The molecule has 27 heavy (non-hydrogen) atoms. The van der Waals surface area contributed by atoms with E-state index in [1.807, 2.05) is 33.8 Å². The highest BCUT2D eigenvalue weighted by atomic mass is 35.5. The molecule has 1 amide bonds. The van der Waals surface area contributed by atoms with Crippen molar-refractivity contribution in [1.82, 2.24) is 9.36 Å². The van der Waals surface area contributed by atoms with Crippen molar-refractivity contribution in [2.45, 2.75) is 39.8 Å². The van der Waals surface area contributed by atoms with Gasteiger partial charge >= 0.3 is 0 Å². The van der Waals surface area contributed by atoms with Crippen molar-refractivity contribution < 1.29 is 4.79 Å². The first-order valence-electron chi connectivity index (χ1n) is 8.56. The molecule has 0 radical (unpaired) electrons. The van der Waals surface area contributed by atoms with Gasteiger partial charge in [0.05, 0.1) is 32.2 Å². The van der Waals surface area contributed by atoms with Gasteiger partial charge in [0.2, 0.25) is 5.91 Å². The predicted molar refractivity (Wildman–Crippen MR) is 111 cm³/mol. The molecule has 0 bridgehead atoms. The maximum atomic E-state index is 13.0. The number of carbonyl (C=O) groups excluding carboxylic acids is 1. The normalized spacial score (nSPS) is 11.8. The van der Waals surface area contributed by atoms with E-state index in [0.717, 1.165) is 5.56 Å². The Bertz CT molecular complexity index is 1090. The minimum absolute atomic E-state index is 0.0411. The molecule has 0 aliphatic rings. The highest BCUT2D eigenvalue weighted by Gasteiger charge is 2.25. The van der Waals surface area contributed by atoms with E-state index in [1.165, 1.54) is 0 Å². The molecule has 3 aromatic rings. The lowest BCUT2D eigenvalue weighted by molar-refractivity contribution is -0.117. The number of hydrogen-bond donors (Lipinski definition) is 1. The lowest BCUT2D eigenvalue weighted by Gasteiger charge is -2.24. The molecule has 2 aromatic carbocycles. The second-order valence-electron chi connectivity index (χ2n) is 7.51. The molecule has 0 aliphatic heterocycles. The number of amides is 1. The van der Waals surface area contributed by atoms with Crippen molar-refractivity contribution in [3.05, 3.63) is 62.4 Å². The Balaban J connectivity index is 2.05. The number of benzene rings is 2. The second kappa shape index (κ2) is 7.06. The summed E-state index contributed by atoms with van der Waals surface area (Å²) >= 11 is 12.5. The fraction of sp³-hybridized carbons (Fsp3) is 0.300. The number of fused-ring (bicyclic) bond motifs is 1. The highest BCUT2D eigenvalue weighted by Crippen LogP contribution is 2.25. The Labute approximate surface area is 167 Å². The van der Waals surface area contributed by atoms with Gasteiger partial charge in [-0.2, -0.15) is 0 Å². The summed E-state index contributed by atoms with van der Waals surface area (Å²) in [5.41, 5.74) is 1.41. The first kappa shape index (κ1) is 19.5. The number of halogens is 2. The van der Waals surface area contributed by atoms with Crippen LogP contribution in [-0.2, 0) is 16.9 Å². The number of hydrogen-bond acceptors (Lipinski definition) is 2. The van der Waals surface area contributed by atoms with Crippen LogP contribution in [0.4, 0.5) is 5.69 Å². The van der Waals surface area contributed by atoms with Crippen LogP contribution in [0.2, 0.25) is 10.0 Å². The molecule has 1 N–H and O–H groups in total. The minimum Gasteiger partial charge on any atom is -0.323 e. The summed E-state index contributed by atoms with van der Waals surface area (Å²) in [7, 11) is 0. The minimum atomic E-state index is -0.527. The van der Waals surface area contributed by atoms with Crippen LogP contribution in [0.5, 0.6) is 0 Å². The zero-order chi connectivity index (χ0) is 19.9. The summed E-state index contributed by atoms with van der Waals surface area (Å²) in [6.07, 6.45) is 0. The Hall–Kier alpha value is -2.24. The van der Waals surface area contributed by atoms with E-state index in [4.69, 9.17) is 23.2 Å². The first-order chi connectivity index (χ1) is 12.6. The Morgan fingerprint density at radius 2 is 1.81 bits per heavy atom. The highest BCUT2D eigenvalue weighted by molar-refractivity contribution is 6.35. The number of anilines is 1. The van der Waals surface area contributed by atoms with Crippen molar-refractivity contribution >= 4 is 45.7 Å². The van der Waals surface area contributed by atoms with Crippen LogP contribution in [0, 0.1) is 6.92 Å². The van der Waals surface area contributed by atoms with Gasteiger partial charge in [-0.1, -0.05) is 35.3 Å². The average Bonchev–Trinajstić information content (AvgIpc) is 2.83. The molecule has 1 heterocycles. The third-order valence-electron chi connectivity index (χ3n) is 4.24. The van der Waals surface area contributed by atoms with Gasteiger partial charge in [-0.25, -0.2) is 4.68 Å². The van der Waals surface area contributed by atoms with Crippen LogP contribution >= 0.6 is 23.2 Å². The first-order valence-corrected chi connectivity index (χ1v) is 9.31. The van der Waals surface area contributed by atoms with E-state index in [0.29, 0.717) is 26.6 Å². The summed E-state index contributed by atoms with van der Waals surface area (Å²) in [6.45, 7) is 7.61. The third kappa shape index (κ3) is 3.75. The molecule has 0 unspecified atom stereocenters. The average molecular weight is 406 g/mol. The SMILES string of the molecule is Cc1ccc(NC(=O)Cn2c3cccc(Cl)c3c(=O)n2C(C)(C)C)c(Cl)c1. The molecule has 0 saturated heterocycles. The molecule has 0 atom stereocenters. The van der Waals surface area contributed by atoms with E-state index in [1.54, 1.807) is 39.7 Å². The van der Waals surface area contributed by atoms with Gasteiger partial charge in [-0.3, -0.25) is 14.3 Å². The predicted octanol–water partition coefficient (Wildman–Crippen LogP) is 4.81. The van der Waals surface area contributed by atoms with E-state index in [9.17, 15) is 9.59 Å². The smallest absolute Gasteiger partial charge is 0.276 e. The molecule has 142 valence electrons. The largest absolute Gasteiger partial charge is 0.323 e. The van der Waals surface area contributed by atoms with E-state index < -0.39 is 5.54 Å². The molecule has 0 aliphatic carbocycles. The van der Waals surface area contributed by atoms with Gasteiger partial charge < -0.3 is 5.32 Å². The van der Waals surface area contributed by atoms with E-state index in [-0.39, 0.29) is 18.0 Å². The van der Waals surface area contributed by atoms with Crippen molar-refractivity contribution in [3.8, 4) is 0 Å². The molecular weight excluding hydrogens is 385 g/mol. The summed E-state index contributed by atoms with van der Waals surface area (Å²) in [5, 5.41) is 4.07. The van der Waals surface area contributed by atoms with Gasteiger partial charge in [0.1, 0.15) is 6.54 Å². The van der Waals surface area contributed by atoms with Crippen LogP contribution in [0.25, 0.3) is 10.9 Å². The fourth-order valence-electron chi connectivity index (χ4n) is 3.13. The molecule has 5 nitrogen and oxygen atoms in total. The van der Waals surface area contributed by atoms with Crippen molar-refractivity contribution in [1.29, 1.82) is 0 Å². The lowest BCUT2D eigenvalue weighted by Crippen LogP contribution is -2.38. The van der Waals surface area contributed by atoms with Crippen molar-refractivity contribution in [2.75, 3.05) is 5.32 Å². The topological polar surface area (TPSA) is 56.0 Å². The zero-order valence-electron chi connectivity index (χ0n) is 15.6. The summed E-state index contributed by atoms with van der Waals surface area (Å²) in [5.74, 6) is -0.282. The van der Waals surface area contributed by atoms with Crippen LogP contribution in [0.3, 0.4) is 0 Å². The second-order valence-corrected chi connectivity index (χ2v) is 8.33. The molecule has 7 heteroatoms. The van der Waals surface area contributed by atoms with Gasteiger partial charge in [0.15, 0.2) is 0 Å². The van der Waals surface area contributed by atoms with Crippen LogP contribution in [0.15, 0.2) is 41.2 Å². The quantitative estimate of drug-likeness (QED) is 0.679. The number of nitrogens with zero attached hydrogens (tertiary/aromatic N) is 2.